The molecule has 0 radical (unpaired) electrons. The molecule has 1 amide bonds. The van der Waals surface area contributed by atoms with Crippen LogP contribution in [0.4, 0.5) is 5.82 Å². The molecule has 0 unspecified atom stereocenters. The van der Waals surface area contributed by atoms with Gasteiger partial charge in [0.05, 0.1) is 7.11 Å². The van der Waals surface area contributed by atoms with Crippen molar-refractivity contribution in [1.29, 1.82) is 0 Å². The van der Waals surface area contributed by atoms with Gasteiger partial charge in [-0.05, 0) is 66.2 Å². The first-order chi connectivity index (χ1) is 12.7. The third kappa shape index (κ3) is 4.42. The molecular weight excluding hydrogens is 330 g/mol. The molecule has 1 heterocycles. The van der Waals surface area contributed by atoms with E-state index in [9.17, 15) is 4.79 Å². The van der Waals surface area contributed by atoms with Gasteiger partial charge in [0.15, 0.2) is 5.69 Å². The van der Waals surface area contributed by atoms with Crippen LogP contribution < -0.4 is 10.1 Å². The molecule has 6 nitrogen and oxygen atoms in total. The Bertz CT molecular complexity index is 703. The molecule has 2 aromatic rings. The predicted molar refractivity (Wildman–Crippen MR) is 99.9 cm³/mol. The first-order valence-electron chi connectivity index (χ1n) is 9.49. The molecule has 1 saturated carbocycles. The van der Waals surface area contributed by atoms with Crippen LogP contribution in [0.5, 0.6) is 5.75 Å². The van der Waals surface area contributed by atoms with Gasteiger partial charge in [-0.2, -0.15) is 0 Å². The molecule has 1 aliphatic carbocycles. The number of nitrogens with zero attached hydrogens (tertiary/aromatic N) is 2. The summed E-state index contributed by atoms with van der Waals surface area (Å²) in [6, 6.07) is 7.42. The molecule has 1 fully saturated rings. The van der Waals surface area contributed by atoms with Gasteiger partial charge in [-0.25, -0.2) is 4.63 Å². The van der Waals surface area contributed by atoms with Crippen molar-refractivity contribution in [1.82, 2.24) is 10.3 Å². The summed E-state index contributed by atoms with van der Waals surface area (Å²) in [6.45, 7) is 2.23. The van der Waals surface area contributed by atoms with Crippen LogP contribution in [0.1, 0.15) is 51.9 Å². The van der Waals surface area contributed by atoms with Crippen molar-refractivity contribution in [2.45, 2.75) is 51.9 Å². The van der Waals surface area contributed by atoms with Gasteiger partial charge in [-0.15, -0.1) is 0 Å². The molecule has 1 aromatic heterocycles. The minimum absolute atomic E-state index is 0.0180. The molecule has 0 bridgehead atoms. The lowest BCUT2D eigenvalue weighted by molar-refractivity contribution is -0.121. The van der Waals surface area contributed by atoms with Crippen LogP contribution in [0.25, 0.3) is 11.3 Å². The van der Waals surface area contributed by atoms with Gasteiger partial charge in [0, 0.05) is 11.5 Å². The van der Waals surface area contributed by atoms with Crippen molar-refractivity contribution < 1.29 is 14.2 Å². The Labute approximate surface area is 154 Å². The van der Waals surface area contributed by atoms with Crippen LogP contribution in [0.3, 0.4) is 0 Å². The number of aromatic nitrogens is 2. The van der Waals surface area contributed by atoms with E-state index in [4.69, 9.17) is 9.37 Å². The van der Waals surface area contributed by atoms with Crippen molar-refractivity contribution in [2.24, 2.45) is 11.8 Å². The molecule has 3 rings (SSSR count). The number of nitrogens with one attached hydrogen (secondary N) is 1. The topological polar surface area (TPSA) is 77.3 Å². The molecule has 0 spiro atoms. The zero-order chi connectivity index (χ0) is 18.4. The number of anilines is 1. The molecule has 6 heteroatoms. The first kappa shape index (κ1) is 18.4. The summed E-state index contributed by atoms with van der Waals surface area (Å²) in [5.74, 6) is 1.99. The normalized spacial score (nSPS) is 19.9. The van der Waals surface area contributed by atoms with E-state index in [0.717, 1.165) is 42.9 Å². The van der Waals surface area contributed by atoms with Crippen molar-refractivity contribution in [3.63, 3.8) is 0 Å². The summed E-state index contributed by atoms with van der Waals surface area (Å²) in [5, 5.41) is 10.7. The van der Waals surface area contributed by atoms with Crippen molar-refractivity contribution >= 4 is 11.7 Å². The number of hydrogen-bond acceptors (Lipinski definition) is 5. The van der Waals surface area contributed by atoms with Crippen LogP contribution in [0.2, 0.25) is 0 Å². The van der Waals surface area contributed by atoms with Gasteiger partial charge in [-0.1, -0.05) is 26.2 Å². The number of carbonyl (C=O) groups excluding carboxylic acids is 1. The SMILES string of the molecule is CCCCC1CCC(C(=O)Nc2nonc2-c2ccc(OC)cc2)CC1. The highest BCUT2D eigenvalue weighted by molar-refractivity contribution is 5.94. The lowest BCUT2D eigenvalue weighted by atomic mass is 9.79. The maximum atomic E-state index is 12.6. The number of amides is 1. The van der Waals surface area contributed by atoms with E-state index >= 15 is 0 Å². The first-order valence-corrected chi connectivity index (χ1v) is 9.49. The van der Waals surface area contributed by atoms with Crippen LogP contribution in [-0.4, -0.2) is 23.3 Å². The highest BCUT2D eigenvalue weighted by Gasteiger charge is 2.27. The number of carbonyl (C=O) groups is 1. The second-order valence-corrected chi connectivity index (χ2v) is 7.04. The summed E-state index contributed by atoms with van der Waals surface area (Å²) in [7, 11) is 1.62. The maximum Gasteiger partial charge on any atom is 0.228 e. The van der Waals surface area contributed by atoms with E-state index in [-0.39, 0.29) is 11.8 Å². The van der Waals surface area contributed by atoms with E-state index < -0.39 is 0 Å². The third-order valence-corrected chi connectivity index (χ3v) is 5.28. The van der Waals surface area contributed by atoms with Crippen molar-refractivity contribution in [2.75, 3.05) is 12.4 Å². The lowest BCUT2D eigenvalue weighted by Gasteiger charge is -2.27. The van der Waals surface area contributed by atoms with Crippen LogP contribution in [-0.2, 0) is 4.79 Å². The highest BCUT2D eigenvalue weighted by atomic mass is 16.6. The monoisotopic (exact) mass is 357 g/mol. The van der Waals surface area contributed by atoms with Gasteiger partial charge < -0.3 is 10.1 Å². The molecule has 0 saturated heterocycles. The molecule has 1 aliphatic rings. The Balaban J connectivity index is 1.59. The number of rotatable bonds is 7. The Morgan fingerprint density at radius 1 is 1.19 bits per heavy atom. The molecular formula is C20H27N3O3. The number of hydrogen-bond donors (Lipinski definition) is 1. The zero-order valence-corrected chi connectivity index (χ0v) is 15.5. The van der Waals surface area contributed by atoms with Gasteiger partial charge in [0.1, 0.15) is 5.75 Å². The molecule has 26 heavy (non-hydrogen) atoms. The highest BCUT2D eigenvalue weighted by Crippen LogP contribution is 2.33. The Hall–Kier alpha value is -2.37. The van der Waals surface area contributed by atoms with E-state index in [1.165, 1.54) is 19.3 Å². The number of unbranched alkanes of at least 4 members (excludes halogenated alkanes) is 1. The van der Waals surface area contributed by atoms with E-state index in [1.807, 2.05) is 24.3 Å². The second kappa shape index (κ2) is 8.83. The summed E-state index contributed by atoms with van der Waals surface area (Å²) in [6.07, 6.45) is 8.00. The number of methoxy groups -OCH3 is 1. The molecule has 1 N–H and O–H groups in total. The summed E-state index contributed by atoms with van der Waals surface area (Å²) >= 11 is 0. The van der Waals surface area contributed by atoms with Crippen molar-refractivity contribution in [3.8, 4) is 17.0 Å². The molecule has 0 aliphatic heterocycles. The van der Waals surface area contributed by atoms with E-state index in [2.05, 4.69) is 22.6 Å². The van der Waals surface area contributed by atoms with Gasteiger partial charge in [0.25, 0.3) is 0 Å². The fourth-order valence-electron chi connectivity index (χ4n) is 3.63. The van der Waals surface area contributed by atoms with Crippen molar-refractivity contribution in [3.05, 3.63) is 24.3 Å². The fourth-order valence-corrected chi connectivity index (χ4v) is 3.63. The molecule has 0 atom stereocenters. The number of benzene rings is 1. The Morgan fingerprint density at radius 2 is 1.92 bits per heavy atom. The van der Waals surface area contributed by atoms with E-state index in [0.29, 0.717) is 11.5 Å². The zero-order valence-electron chi connectivity index (χ0n) is 15.5. The smallest absolute Gasteiger partial charge is 0.228 e. The number of ether oxygens (including phenoxy) is 1. The molecule has 140 valence electrons. The summed E-state index contributed by atoms with van der Waals surface area (Å²) < 4.78 is 10.0. The predicted octanol–water partition coefficient (Wildman–Crippen LogP) is 4.68. The summed E-state index contributed by atoms with van der Waals surface area (Å²) in [4.78, 5) is 12.6. The Kier molecular flexibility index (Phi) is 6.26. The minimum atomic E-state index is 0.0180. The summed E-state index contributed by atoms with van der Waals surface area (Å²) in [5.41, 5.74) is 1.36. The van der Waals surface area contributed by atoms with Gasteiger partial charge in [-0.3, -0.25) is 4.79 Å². The van der Waals surface area contributed by atoms with Crippen LogP contribution in [0.15, 0.2) is 28.9 Å². The largest absolute Gasteiger partial charge is 0.497 e. The quantitative estimate of drug-likeness (QED) is 0.778. The lowest BCUT2D eigenvalue weighted by Crippen LogP contribution is -2.27. The fraction of sp³-hybridized carbons (Fsp3) is 0.550. The second-order valence-electron chi connectivity index (χ2n) is 7.04. The van der Waals surface area contributed by atoms with Gasteiger partial charge in [0.2, 0.25) is 11.7 Å². The average Bonchev–Trinajstić information content (AvgIpc) is 3.15. The van der Waals surface area contributed by atoms with Crippen LogP contribution >= 0.6 is 0 Å². The van der Waals surface area contributed by atoms with Crippen LogP contribution in [0, 0.1) is 11.8 Å². The van der Waals surface area contributed by atoms with Gasteiger partial charge >= 0.3 is 0 Å². The third-order valence-electron chi connectivity index (χ3n) is 5.28. The maximum absolute atomic E-state index is 12.6. The minimum Gasteiger partial charge on any atom is -0.497 e. The van der Waals surface area contributed by atoms with E-state index in [1.54, 1.807) is 7.11 Å². The molecule has 1 aromatic carbocycles. The Morgan fingerprint density at radius 3 is 2.58 bits per heavy atom. The standard InChI is InChI=1S/C20H27N3O3/c1-3-4-5-14-6-8-16(9-7-14)20(24)21-19-18(22-26-23-19)15-10-12-17(25-2)13-11-15/h10-14,16H,3-9H2,1-2H3,(H,21,23,24). The average molecular weight is 357 g/mol.